The van der Waals surface area contributed by atoms with E-state index in [1.165, 1.54) is 0 Å². The number of carbonyl (C=O) groups excluding carboxylic acids is 2. The molecule has 2 aliphatic rings. The second-order valence-corrected chi connectivity index (χ2v) is 7.11. The smallest absolute Gasteiger partial charge is 0.322 e. The largest absolute Gasteiger partial charge is 0.482 e. The van der Waals surface area contributed by atoms with E-state index in [4.69, 9.17) is 9.15 Å². The van der Waals surface area contributed by atoms with Gasteiger partial charge in [0.2, 0.25) is 0 Å². The second-order valence-electron chi connectivity index (χ2n) is 7.11. The average Bonchev–Trinajstić information content (AvgIpc) is 3.12. The van der Waals surface area contributed by atoms with E-state index in [0.29, 0.717) is 30.2 Å². The van der Waals surface area contributed by atoms with E-state index in [1.54, 1.807) is 29.4 Å². The molecule has 0 unspecified atom stereocenters. The summed E-state index contributed by atoms with van der Waals surface area (Å²) in [5.41, 5.74) is 1.33. The van der Waals surface area contributed by atoms with Crippen LogP contribution in [0.1, 0.15) is 44.4 Å². The summed E-state index contributed by atoms with van der Waals surface area (Å²) in [6.07, 6.45) is 5.68. The van der Waals surface area contributed by atoms with Crippen molar-refractivity contribution in [1.29, 1.82) is 0 Å². The quantitative estimate of drug-likeness (QED) is 0.863. The number of nitrogens with zero attached hydrogens (tertiary/aromatic N) is 2. The number of carbonyl (C=O) groups is 2. The molecule has 1 N–H and O–H groups in total. The summed E-state index contributed by atoms with van der Waals surface area (Å²) in [6.45, 7) is 3.21. The molecule has 1 fully saturated rings. The molecule has 4 rings (SSSR count). The Morgan fingerprint density at radius 1 is 1.25 bits per heavy atom. The molecule has 1 atom stereocenters. The number of likely N-dealkylation sites (N-methyl/N-ethyl adjacent to an activating group) is 1. The zero-order valence-corrected chi connectivity index (χ0v) is 16.0. The number of ether oxygens (including phenoxy) is 1. The number of rotatable bonds is 3. The van der Waals surface area contributed by atoms with Gasteiger partial charge in [-0.1, -0.05) is 12.8 Å². The van der Waals surface area contributed by atoms with Gasteiger partial charge >= 0.3 is 6.03 Å². The first-order valence-corrected chi connectivity index (χ1v) is 9.85. The fourth-order valence-electron chi connectivity index (χ4n) is 3.95. The number of nitrogens with one attached hydrogen (secondary N) is 1. The van der Waals surface area contributed by atoms with Gasteiger partial charge in [0.05, 0.1) is 18.0 Å². The highest BCUT2D eigenvalue weighted by Crippen LogP contribution is 2.35. The molecule has 0 bridgehead atoms. The van der Waals surface area contributed by atoms with E-state index in [1.807, 2.05) is 24.0 Å². The third-order valence-corrected chi connectivity index (χ3v) is 5.35. The van der Waals surface area contributed by atoms with Crippen molar-refractivity contribution in [2.24, 2.45) is 0 Å². The fraction of sp³-hybridized carbons (Fsp3) is 0.429. The number of hydrogen-bond donors (Lipinski definition) is 1. The van der Waals surface area contributed by atoms with E-state index in [0.717, 1.165) is 31.4 Å². The second kappa shape index (κ2) is 7.96. The van der Waals surface area contributed by atoms with Crippen LogP contribution in [0.5, 0.6) is 5.75 Å². The lowest BCUT2D eigenvalue weighted by Crippen LogP contribution is -2.39. The summed E-state index contributed by atoms with van der Waals surface area (Å²) in [7, 11) is 0. The Morgan fingerprint density at radius 2 is 2.14 bits per heavy atom. The molecule has 148 valence electrons. The SMILES string of the molecule is CCN1C(=O)COc2ccc(NC(=O)N3CCCCC[C@H]3c3ccco3)cc21. The molecule has 1 aromatic heterocycles. The Hall–Kier alpha value is -2.96. The van der Waals surface area contributed by atoms with Crippen LogP contribution in [-0.2, 0) is 4.79 Å². The predicted molar refractivity (Wildman–Crippen MR) is 106 cm³/mol. The minimum absolute atomic E-state index is 0.0468. The fourth-order valence-corrected chi connectivity index (χ4v) is 3.95. The number of likely N-dealkylation sites (tertiary alicyclic amines) is 1. The third kappa shape index (κ3) is 3.56. The van der Waals surface area contributed by atoms with Crippen molar-refractivity contribution >= 4 is 23.3 Å². The summed E-state index contributed by atoms with van der Waals surface area (Å²) in [5, 5.41) is 2.99. The number of furan rings is 1. The van der Waals surface area contributed by atoms with Crippen LogP contribution >= 0.6 is 0 Å². The lowest BCUT2D eigenvalue weighted by Gasteiger charge is -2.30. The van der Waals surface area contributed by atoms with E-state index < -0.39 is 0 Å². The van der Waals surface area contributed by atoms with Gasteiger partial charge in [-0.2, -0.15) is 0 Å². The Kier molecular flexibility index (Phi) is 5.23. The van der Waals surface area contributed by atoms with E-state index in [9.17, 15) is 9.59 Å². The van der Waals surface area contributed by atoms with Gasteiger partial charge in [0, 0.05) is 18.8 Å². The van der Waals surface area contributed by atoms with Crippen molar-refractivity contribution in [3.8, 4) is 5.75 Å². The maximum Gasteiger partial charge on any atom is 0.322 e. The van der Waals surface area contributed by atoms with Crippen LogP contribution in [-0.4, -0.2) is 36.5 Å². The summed E-state index contributed by atoms with van der Waals surface area (Å²) in [6, 6.07) is 8.97. The molecule has 28 heavy (non-hydrogen) atoms. The Labute approximate surface area is 164 Å². The zero-order chi connectivity index (χ0) is 19.5. The third-order valence-electron chi connectivity index (χ3n) is 5.35. The normalized spacial score (nSPS) is 19.6. The van der Waals surface area contributed by atoms with Crippen LogP contribution in [0.3, 0.4) is 0 Å². The minimum atomic E-state index is -0.158. The highest BCUT2D eigenvalue weighted by molar-refractivity contribution is 5.99. The first-order valence-electron chi connectivity index (χ1n) is 9.85. The van der Waals surface area contributed by atoms with Crippen LogP contribution in [0.2, 0.25) is 0 Å². The number of fused-ring (bicyclic) bond motifs is 1. The topological polar surface area (TPSA) is 75.0 Å². The van der Waals surface area contributed by atoms with E-state index >= 15 is 0 Å². The lowest BCUT2D eigenvalue weighted by molar-refractivity contribution is -0.121. The Morgan fingerprint density at radius 3 is 2.93 bits per heavy atom. The first kappa shape index (κ1) is 18.4. The predicted octanol–water partition coefficient (Wildman–Crippen LogP) is 4.17. The molecule has 3 heterocycles. The highest BCUT2D eigenvalue weighted by atomic mass is 16.5. The molecule has 7 nitrogen and oxygen atoms in total. The number of anilines is 2. The van der Waals surface area contributed by atoms with Crippen molar-refractivity contribution in [3.63, 3.8) is 0 Å². The van der Waals surface area contributed by atoms with Crippen LogP contribution in [0.25, 0.3) is 0 Å². The van der Waals surface area contributed by atoms with Gasteiger partial charge in [-0.25, -0.2) is 4.79 Å². The number of hydrogen-bond acceptors (Lipinski definition) is 4. The molecule has 7 heteroatoms. The van der Waals surface area contributed by atoms with Crippen molar-refractivity contribution < 1.29 is 18.7 Å². The number of amides is 3. The molecular formula is C21H25N3O4. The Balaban J connectivity index is 1.55. The monoisotopic (exact) mass is 383 g/mol. The van der Waals surface area contributed by atoms with Crippen molar-refractivity contribution in [3.05, 3.63) is 42.4 Å². The van der Waals surface area contributed by atoms with Crippen LogP contribution < -0.4 is 15.0 Å². The van der Waals surface area contributed by atoms with Gasteiger partial charge in [0.1, 0.15) is 11.5 Å². The van der Waals surface area contributed by atoms with Gasteiger partial charge in [0.15, 0.2) is 6.61 Å². The van der Waals surface area contributed by atoms with Crippen molar-refractivity contribution in [2.45, 2.75) is 38.6 Å². The van der Waals surface area contributed by atoms with Crippen molar-refractivity contribution in [2.75, 3.05) is 29.9 Å². The molecule has 1 aromatic carbocycles. The molecule has 1 saturated heterocycles. The summed E-state index contributed by atoms with van der Waals surface area (Å²) in [4.78, 5) is 28.7. The molecule has 0 saturated carbocycles. The van der Waals surface area contributed by atoms with E-state index in [2.05, 4.69) is 5.32 Å². The van der Waals surface area contributed by atoms with Gasteiger partial charge in [-0.3, -0.25) is 4.79 Å². The van der Waals surface area contributed by atoms with Crippen LogP contribution in [0.15, 0.2) is 41.0 Å². The number of benzene rings is 1. The molecule has 3 amide bonds. The van der Waals surface area contributed by atoms with Crippen molar-refractivity contribution in [1.82, 2.24) is 4.90 Å². The van der Waals surface area contributed by atoms with Gasteiger partial charge in [-0.15, -0.1) is 0 Å². The molecular weight excluding hydrogens is 358 g/mol. The Bertz CT molecular complexity index is 849. The molecule has 2 aromatic rings. The standard InChI is InChI=1S/C21H25N3O4/c1-2-23-17-13-15(9-10-19(17)28-14-20(23)25)22-21(26)24-11-5-3-4-7-16(24)18-8-6-12-27-18/h6,8-10,12-13,16H,2-5,7,11,14H2,1H3,(H,22,26)/t16-/m0/s1. The average molecular weight is 383 g/mol. The maximum atomic E-state index is 13.1. The van der Waals surface area contributed by atoms with E-state index in [-0.39, 0.29) is 24.6 Å². The highest BCUT2D eigenvalue weighted by Gasteiger charge is 2.29. The van der Waals surface area contributed by atoms with Gasteiger partial charge in [-0.05, 0) is 50.1 Å². The lowest BCUT2D eigenvalue weighted by atomic mass is 10.1. The van der Waals surface area contributed by atoms with Gasteiger partial charge in [0.25, 0.3) is 5.91 Å². The minimum Gasteiger partial charge on any atom is -0.482 e. The van der Waals surface area contributed by atoms with Crippen LogP contribution in [0.4, 0.5) is 16.2 Å². The molecule has 0 radical (unpaired) electrons. The number of urea groups is 1. The summed E-state index contributed by atoms with van der Waals surface area (Å²) in [5.74, 6) is 1.39. The maximum absolute atomic E-state index is 13.1. The summed E-state index contributed by atoms with van der Waals surface area (Å²) < 4.78 is 11.1. The van der Waals surface area contributed by atoms with Crippen LogP contribution in [0, 0.1) is 0 Å². The van der Waals surface area contributed by atoms with Gasteiger partial charge < -0.3 is 24.3 Å². The molecule has 0 spiro atoms. The molecule has 0 aliphatic carbocycles. The zero-order valence-electron chi connectivity index (χ0n) is 16.0. The molecule has 2 aliphatic heterocycles. The first-order chi connectivity index (χ1) is 13.7. The summed E-state index contributed by atoms with van der Waals surface area (Å²) >= 11 is 0.